The fourth-order valence-corrected chi connectivity index (χ4v) is 4.86. The molecule has 2 aromatic heterocycles. The molecule has 12 heteroatoms. The summed E-state index contributed by atoms with van der Waals surface area (Å²) in [6, 6.07) is 10.1. The van der Waals surface area contributed by atoms with Gasteiger partial charge in [-0.25, -0.2) is 9.49 Å². The topological polar surface area (TPSA) is 96.8 Å². The molecule has 1 amide bonds. The molecule has 0 saturated carbocycles. The Bertz CT molecular complexity index is 1590. The van der Waals surface area contributed by atoms with Crippen LogP contribution < -0.4 is 5.56 Å². The molecule has 0 saturated heterocycles. The third kappa shape index (κ3) is 4.15. The summed E-state index contributed by atoms with van der Waals surface area (Å²) < 4.78 is 56.5. The van der Waals surface area contributed by atoms with Crippen LogP contribution in [0.3, 0.4) is 0 Å². The molecular weight excluding hydrogens is 492 g/mol. The van der Waals surface area contributed by atoms with E-state index in [1.807, 2.05) is 0 Å². The number of halogens is 4. The summed E-state index contributed by atoms with van der Waals surface area (Å²) in [4.78, 5) is 26.9. The number of benzene rings is 2. The molecule has 2 aromatic carbocycles. The first-order valence-electron chi connectivity index (χ1n) is 11.5. The Labute approximate surface area is 207 Å². The maximum Gasteiger partial charge on any atom is 0.451 e. The van der Waals surface area contributed by atoms with Crippen LogP contribution in [0.4, 0.5) is 17.6 Å². The fourth-order valence-electron chi connectivity index (χ4n) is 4.86. The second-order valence-corrected chi connectivity index (χ2v) is 9.67. The summed E-state index contributed by atoms with van der Waals surface area (Å²) in [5.41, 5.74) is -0.643. The Morgan fingerprint density at radius 1 is 1.14 bits per heavy atom. The van der Waals surface area contributed by atoms with Crippen LogP contribution in [0.5, 0.6) is 0 Å². The maximum atomic E-state index is 14.9. The highest BCUT2D eigenvalue weighted by atomic mass is 19.4. The van der Waals surface area contributed by atoms with Crippen molar-refractivity contribution in [2.75, 3.05) is 6.54 Å². The van der Waals surface area contributed by atoms with Crippen molar-refractivity contribution >= 4 is 16.7 Å². The minimum atomic E-state index is -4.71. The fraction of sp³-hybridized carbons (Fsp3) is 0.320. The van der Waals surface area contributed by atoms with Gasteiger partial charge in [0.1, 0.15) is 5.82 Å². The summed E-state index contributed by atoms with van der Waals surface area (Å²) in [5.74, 6) is -2.61. The van der Waals surface area contributed by atoms with E-state index in [4.69, 9.17) is 0 Å². The minimum absolute atomic E-state index is 0.0302. The van der Waals surface area contributed by atoms with E-state index in [9.17, 15) is 27.2 Å². The van der Waals surface area contributed by atoms with E-state index in [1.165, 1.54) is 30.0 Å². The van der Waals surface area contributed by atoms with Gasteiger partial charge in [0.25, 0.3) is 11.5 Å². The van der Waals surface area contributed by atoms with Crippen molar-refractivity contribution in [1.29, 1.82) is 0 Å². The summed E-state index contributed by atoms with van der Waals surface area (Å²) in [5, 5.41) is 14.7. The first-order chi connectivity index (χ1) is 17.4. The lowest BCUT2D eigenvalue weighted by Crippen LogP contribution is -2.52. The van der Waals surface area contributed by atoms with Gasteiger partial charge in [0.2, 0.25) is 5.82 Å². The minimum Gasteiger partial charge on any atom is -0.326 e. The van der Waals surface area contributed by atoms with Gasteiger partial charge >= 0.3 is 6.18 Å². The molecule has 1 aliphatic rings. The van der Waals surface area contributed by atoms with Crippen molar-refractivity contribution in [3.8, 4) is 0 Å². The molecule has 1 atom stereocenters. The van der Waals surface area contributed by atoms with Gasteiger partial charge in [-0.3, -0.25) is 14.2 Å². The molecule has 0 radical (unpaired) electrons. The normalized spacial score (nSPS) is 17.2. The quantitative estimate of drug-likeness (QED) is 0.413. The highest BCUT2D eigenvalue weighted by molar-refractivity contribution is 5.95. The van der Waals surface area contributed by atoms with Gasteiger partial charge in [-0.2, -0.15) is 18.3 Å². The summed E-state index contributed by atoms with van der Waals surface area (Å²) >= 11 is 0. The van der Waals surface area contributed by atoms with Crippen molar-refractivity contribution in [3.05, 3.63) is 87.1 Å². The van der Waals surface area contributed by atoms with Crippen molar-refractivity contribution in [3.63, 3.8) is 0 Å². The second-order valence-electron chi connectivity index (χ2n) is 9.67. The SMILES string of the molecule is CC1c2nnc(C(F)(F)F)n2C(C)(C)CN1C(=O)c1cc(Cc2n[nH]c(=O)c3ccccc23)ccc1F. The van der Waals surface area contributed by atoms with Gasteiger partial charge in [-0.05, 0) is 44.5 Å². The molecule has 5 rings (SSSR count). The van der Waals surface area contributed by atoms with Crippen molar-refractivity contribution in [2.45, 2.75) is 44.9 Å². The van der Waals surface area contributed by atoms with Crippen LogP contribution >= 0.6 is 0 Å². The number of rotatable bonds is 3. The predicted molar refractivity (Wildman–Crippen MR) is 125 cm³/mol. The summed E-state index contributed by atoms with van der Waals surface area (Å²) in [6.45, 7) is 4.50. The van der Waals surface area contributed by atoms with Crippen molar-refractivity contribution in [2.24, 2.45) is 0 Å². The van der Waals surface area contributed by atoms with Gasteiger partial charge in [-0.1, -0.05) is 24.3 Å². The number of aromatic amines is 1. The molecule has 0 fully saturated rings. The number of nitrogens with zero attached hydrogens (tertiary/aromatic N) is 5. The van der Waals surface area contributed by atoms with E-state index >= 15 is 0 Å². The largest absolute Gasteiger partial charge is 0.451 e. The molecule has 4 aromatic rings. The van der Waals surface area contributed by atoms with Crippen LogP contribution in [-0.2, 0) is 18.1 Å². The first-order valence-corrected chi connectivity index (χ1v) is 11.5. The second kappa shape index (κ2) is 8.49. The zero-order chi connectivity index (χ0) is 26.7. The van der Waals surface area contributed by atoms with E-state index in [0.29, 0.717) is 22.0 Å². The number of amides is 1. The average molecular weight is 514 g/mol. The third-order valence-electron chi connectivity index (χ3n) is 6.61. The van der Waals surface area contributed by atoms with Gasteiger partial charge in [-0.15, -0.1) is 10.2 Å². The number of H-pyrrole nitrogens is 1. The van der Waals surface area contributed by atoms with E-state index in [-0.39, 0.29) is 29.9 Å². The highest BCUT2D eigenvalue weighted by Gasteiger charge is 2.48. The standard InChI is InChI=1S/C25H22F4N6O2/c1-13-20-31-33-23(25(27,28)29)35(20)24(2,3)12-34(13)22(37)17-10-14(8-9-18(17)26)11-19-15-6-4-5-7-16(15)21(36)32-30-19/h4-10,13H,11-12H2,1-3H3,(H,32,36). The molecular formula is C25H22F4N6O2. The molecule has 37 heavy (non-hydrogen) atoms. The molecule has 1 unspecified atom stereocenters. The summed E-state index contributed by atoms with van der Waals surface area (Å²) in [6.07, 6.45) is -4.50. The van der Waals surface area contributed by atoms with Gasteiger partial charge in [0, 0.05) is 18.4 Å². The molecule has 0 bridgehead atoms. The maximum absolute atomic E-state index is 14.9. The monoisotopic (exact) mass is 514 g/mol. The Balaban J connectivity index is 1.50. The Morgan fingerprint density at radius 2 is 1.84 bits per heavy atom. The Hall–Kier alpha value is -4.09. The van der Waals surface area contributed by atoms with Crippen LogP contribution in [-0.4, -0.2) is 42.3 Å². The van der Waals surface area contributed by atoms with Crippen LogP contribution in [0.1, 0.15) is 60.1 Å². The zero-order valence-electron chi connectivity index (χ0n) is 20.1. The Kier molecular flexibility index (Phi) is 5.65. The molecule has 0 aliphatic carbocycles. The van der Waals surface area contributed by atoms with E-state index in [0.717, 1.165) is 4.57 Å². The molecule has 8 nitrogen and oxygen atoms in total. The van der Waals surface area contributed by atoms with E-state index in [1.54, 1.807) is 38.1 Å². The number of hydrogen-bond acceptors (Lipinski definition) is 5. The molecule has 192 valence electrons. The number of carbonyl (C=O) groups is 1. The lowest BCUT2D eigenvalue weighted by molar-refractivity contribution is -0.150. The number of carbonyl (C=O) groups excluding carboxylic acids is 1. The lowest BCUT2D eigenvalue weighted by Gasteiger charge is -2.43. The Morgan fingerprint density at radius 3 is 2.54 bits per heavy atom. The van der Waals surface area contributed by atoms with Crippen LogP contribution in [0.2, 0.25) is 0 Å². The zero-order valence-corrected chi connectivity index (χ0v) is 20.1. The number of nitrogens with one attached hydrogen (secondary N) is 1. The molecule has 1 N–H and O–H groups in total. The molecule has 0 spiro atoms. The number of fused-ring (bicyclic) bond motifs is 2. The van der Waals surface area contributed by atoms with Gasteiger partial charge in [0.05, 0.1) is 28.2 Å². The van der Waals surface area contributed by atoms with Crippen LogP contribution in [0, 0.1) is 5.82 Å². The van der Waals surface area contributed by atoms with Crippen LogP contribution in [0.25, 0.3) is 10.8 Å². The number of hydrogen-bond donors (Lipinski definition) is 1. The smallest absolute Gasteiger partial charge is 0.326 e. The lowest BCUT2D eigenvalue weighted by atomic mass is 9.96. The number of aromatic nitrogens is 5. The van der Waals surface area contributed by atoms with E-state index < -0.39 is 35.3 Å². The van der Waals surface area contributed by atoms with E-state index in [2.05, 4.69) is 20.4 Å². The molecule has 3 heterocycles. The van der Waals surface area contributed by atoms with Crippen LogP contribution in [0.15, 0.2) is 47.3 Å². The van der Waals surface area contributed by atoms with Gasteiger partial charge in [0.15, 0.2) is 5.82 Å². The average Bonchev–Trinajstić information content (AvgIpc) is 3.32. The highest BCUT2D eigenvalue weighted by Crippen LogP contribution is 2.39. The first kappa shape index (κ1) is 24.6. The predicted octanol–water partition coefficient (Wildman–Crippen LogP) is 4.22. The van der Waals surface area contributed by atoms with Crippen molar-refractivity contribution in [1.82, 2.24) is 29.9 Å². The number of alkyl halides is 3. The van der Waals surface area contributed by atoms with Crippen molar-refractivity contribution < 1.29 is 22.4 Å². The summed E-state index contributed by atoms with van der Waals surface area (Å²) in [7, 11) is 0. The molecule has 1 aliphatic heterocycles. The third-order valence-corrected chi connectivity index (χ3v) is 6.61. The van der Waals surface area contributed by atoms with Gasteiger partial charge < -0.3 is 4.90 Å².